The van der Waals surface area contributed by atoms with E-state index in [9.17, 15) is 91.4 Å². The zero-order valence-corrected chi connectivity index (χ0v) is 69.9. The lowest BCUT2D eigenvalue weighted by atomic mass is 9.44. The molecule has 0 unspecified atom stereocenters. The molecule has 38 nitrogen and oxygen atoms in total. The van der Waals surface area contributed by atoms with E-state index < -0.39 is 244 Å². The van der Waals surface area contributed by atoms with Gasteiger partial charge in [-0.05, 0) is 102 Å². The van der Waals surface area contributed by atoms with Gasteiger partial charge in [0.15, 0.2) is 29.1 Å². The average molecular weight is 1670 g/mol. The van der Waals surface area contributed by atoms with Gasteiger partial charge in [0.1, 0.15) is 37.7 Å². The predicted molar refractivity (Wildman–Crippen MR) is 418 cm³/mol. The van der Waals surface area contributed by atoms with Crippen LogP contribution in [0.3, 0.4) is 0 Å². The summed E-state index contributed by atoms with van der Waals surface area (Å²) in [5.74, 6) is -12.6. The molecule has 5 N–H and O–H groups in total. The lowest BCUT2D eigenvalue weighted by Crippen LogP contribution is -2.70. The number of Topliss-reactive ketones (excluding diaryl/α,β-unsaturated/α-hetero) is 1. The first-order valence-corrected chi connectivity index (χ1v) is 39.3. The number of fused-ring (bicyclic) bond motifs is 7. The number of anilines is 1. The van der Waals surface area contributed by atoms with Crippen LogP contribution in [0.15, 0.2) is 54.2 Å². The van der Waals surface area contributed by atoms with Gasteiger partial charge in [-0.1, -0.05) is 31.1 Å². The number of aliphatic hydroxyl groups is 1. The molecule has 39 heteroatoms. The van der Waals surface area contributed by atoms with Crippen molar-refractivity contribution < 1.29 is 120 Å². The Morgan fingerprint density at radius 2 is 1.06 bits per heavy atom. The molecule has 0 radical (unpaired) electrons. The monoisotopic (exact) mass is 1670 g/mol. The predicted octanol–water partition coefficient (Wildman–Crippen LogP) is -2.19. The summed E-state index contributed by atoms with van der Waals surface area (Å²) in [6.07, 6.45) is 6.94. The maximum atomic E-state index is 18.0. The maximum absolute atomic E-state index is 18.0. The molecule has 4 saturated carbocycles. The molecule has 2 aliphatic heterocycles. The fourth-order valence-electron chi connectivity index (χ4n) is 16.2. The van der Waals surface area contributed by atoms with Crippen molar-refractivity contribution >= 4 is 112 Å². The molecule has 5 aliphatic carbocycles. The summed E-state index contributed by atoms with van der Waals surface area (Å²) in [5, 5.41) is 28.7. The molecule has 8 rings (SSSR count). The first-order valence-electron chi connectivity index (χ1n) is 39.3. The lowest BCUT2D eigenvalue weighted by Gasteiger charge is -2.62. The number of carbonyl (C=O) groups is 18. The number of allylic oxidation sites excluding steroid dienone is 4. The number of imide groups is 1. The summed E-state index contributed by atoms with van der Waals surface area (Å²) in [7, 11) is 13.0. The van der Waals surface area contributed by atoms with Gasteiger partial charge < -0.3 is 94.1 Å². The third-order valence-electron chi connectivity index (χ3n) is 24.0. The quantitative estimate of drug-likeness (QED) is 0.0265. The highest BCUT2D eigenvalue weighted by molar-refractivity contribution is 6.28. The standard InChI is InChI=1S/C80H111FN14O24/c1-47(74(114)82-46-116-45-58(98)80-59(118-76(119-80)50-17-15-18-50)33-55-54-24-22-51-31-53(96)28-29-77(51,3)79(54,81)57(97)34-78(55,80)4)84-75(115)48(2)83-60(99)25-21-49-20-23-52(95-62(101)26-27-63(95)102)32-56(49)117-30-16-19-61(100)85(5)35-64(103)86(6)36-65(104)87(7)37-66(105)88(8)38-67(106)89(9)39-68(107)90(10)40-69(108)91(11)41-70(109)92(12)42-71(110)93(13)43-72(111)94(14)44-73(112)113/h20,23,26-29,31-32,47-48,50,54-55,57,59,76,97H,15-19,21-22,24-25,30,33-46H2,1-14H3,(H,82,114)(H,83,99)(H,84,115)(H,112,113)/t47-,48-,54-,55-,57-,59+,76+,77-,78-,79-,80+/m0/s1. The number of benzene rings is 1. The second-order valence-corrected chi connectivity index (χ2v) is 32.5. The summed E-state index contributed by atoms with van der Waals surface area (Å²) < 4.78 is 43.3. The van der Waals surface area contributed by atoms with E-state index in [0.717, 1.165) is 85.3 Å². The Kier molecular flexibility index (Phi) is 30.9. The van der Waals surface area contributed by atoms with Crippen LogP contribution in [0.4, 0.5) is 10.1 Å². The van der Waals surface area contributed by atoms with Crippen molar-refractivity contribution in [3.8, 4) is 5.75 Å². The summed E-state index contributed by atoms with van der Waals surface area (Å²) in [6, 6.07) is 2.13. The normalized spacial score (nSPS) is 23.6. The van der Waals surface area contributed by atoms with Crippen molar-refractivity contribution in [2.24, 2.45) is 28.6 Å². The first-order chi connectivity index (χ1) is 55.8. The van der Waals surface area contributed by atoms with Gasteiger partial charge in [-0.15, -0.1) is 0 Å². The summed E-state index contributed by atoms with van der Waals surface area (Å²) in [5.41, 5.74) is -4.88. The number of nitrogens with zero attached hydrogens (tertiary/aromatic N) is 11. The number of halogens is 1. The van der Waals surface area contributed by atoms with Crippen molar-refractivity contribution in [2.75, 3.05) is 161 Å². The number of carboxylic acids is 1. The highest BCUT2D eigenvalue weighted by Gasteiger charge is 2.79. The Morgan fingerprint density at radius 3 is 1.52 bits per heavy atom. The molecule has 1 aromatic carbocycles. The second-order valence-electron chi connectivity index (χ2n) is 32.5. The van der Waals surface area contributed by atoms with E-state index in [4.69, 9.17) is 24.1 Å². The number of nitrogens with one attached hydrogen (secondary N) is 3. The zero-order chi connectivity index (χ0) is 88.2. The molecule has 7 aliphatic rings. The molecule has 0 spiro atoms. The van der Waals surface area contributed by atoms with Gasteiger partial charge in [-0.3, -0.25) is 86.3 Å². The molecule has 652 valence electrons. The van der Waals surface area contributed by atoms with E-state index in [-0.39, 0.29) is 61.8 Å². The Morgan fingerprint density at radius 1 is 0.597 bits per heavy atom. The number of alkyl halides is 1. The van der Waals surface area contributed by atoms with Gasteiger partial charge >= 0.3 is 5.97 Å². The van der Waals surface area contributed by atoms with Crippen LogP contribution >= 0.6 is 0 Å². The van der Waals surface area contributed by atoms with Gasteiger partial charge in [0, 0.05) is 124 Å². The van der Waals surface area contributed by atoms with Crippen LogP contribution in [0, 0.1) is 28.6 Å². The molecule has 11 atom stereocenters. The Hall–Kier alpha value is -10.9. The summed E-state index contributed by atoms with van der Waals surface area (Å²) in [4.78, 5) is 245. The molecular formula is C80H111FN14O24. The van der Waals surface area contributed by atoms with Gasteiger partial charge in [-0.2, -0.15) is 0 Å². The van der Waals surface area contributed by atoms with Crippen LogP contribution in [0.1, 0.15) is 97.5 Å². The van der Waals surface area contributed by atoms with Crippen LogP contribution in [0.5, 0.6) is 5.75 Å². The van der Waals surface area contributed by atoms with Crippen molar-refractivity contribution in [2.45, 2.75) is 140 Å². The molecule has 2 heterocycles. The topological polar surface area (TPSA) is 456 Å². The molecule has 15 amide bonds. The molecular weight excluding hydrogens is 1560 g/mol. The summed E-state index contributed by atoms with van der Waals surface area (Å²) >= 11 is 0. The van der Waals surface area contributed by atoms with E-state index >= 15 is 4.39 Å². The smallest absolute Gasteiger partial charge is 0.323 e. The van der Waals surface area contributed by atoms with Crippen molar-refractivity contribution in [3.63, 3.8) is 0 Å². The number of likely N-dealkylation sites (N-methyl/N-ethyl adjacent to an activating group) is 10. The highest BCUT2D eigenvalue weighted by atomic mass is 19.1. The largest absolute Gasteiger partial charge is 0.493 e. The van der Waals surface area contributed by atoms with Crippen LogP contribution in [0.25, 0.3) is 0 Å². The van der Waals surface area contributed by atoms with Gasteiger partial charge in [-0.25, -0.2) is 9.29 Å². The SMILES string of the molecule is C[C@H](NC(=O)CCc1ccc(N2C(=O)C=CC2=O)cc1OCCCC(=O)N(C)CC(=O)N(C)CC(=O)N(C)CC(=O)N(C)CC(=O)N(C)CC(=O)N(C)CC(=O)N(C)CC(=O)N(C)CC(=O)N(C)CC(=O)N(C)CC(=O)O)C(=O)N[C@@H](C)C(=O)NCOCC(=O)[C@@]12O[C@H](C3CCC3)O[C@@H]1C[C@H]1[C@@H]3CCC4=CC(=O)C=C[C@]4(C)[C@@]3(F)[C@@H](O)C[C@@]12C. The molecule has 0 bridgehead atoms. The van der Waals surface area contributed by atoms with Gasteiger partial charge in [0.05, 0.1) is 83.4 Å². The molecule has 1 aromatic rings. The number of carbonyl (C=O) groups excluding carboxylic acids is 17. The number of hydrogen-bond acceptors (Lipinski definition) is 23. The summed E-state index contributed by atoms with van der Waals surface area (Å²) in [6.45, 7) is 0.248. The minimum Gasteiger partial charge on any atom is -0.493 e. The zero-order valence-electron chi connectivity index (χ0n) is 69.9. The second kappa shape index (κ2) is 39.3. The molecule has 119 heavy (non-hydrogen) atoms. The first kappa shape index (κ1) is 93.6. The van der Waals surface area contributed by atoms with Crippen LogP contribution in [-0.2, 0) is 107 Å². The van der Waals surface area contributed by atoms with Crippen molar-refractivity contribution in [1.29, 1.82) is 0 Å². The van der Waals surface area contributed by atoms with Crippen LogP contribution in [0.2, 0.25) is 0 Å². The average Bonchev–Trinajstić information content (AvgIpc) is 1.53. The fraction of sp³-hybridized carbons (Fsp3) is 0.625. The van der Waals surface area contributed by atoms with Crippen LogP contribution < -0.4 is 25.6 Å². The van der Waals surface area contributed by atoms with E-state index in [1.54, 1.807) is 19.1 Å². The van der Waals surface area contributed by atoms with Gasteiger partial charge in [0.25, 0.3) is 11.8 Å². The van der Waals surface area contributed by atoms with Gasteiger partial charge in [0.2, 0.25) is 76.8 Å². The van der Waals surface area contributed by atoms with E-state index in [1.807, 2.05) is 6.92 Å². The minimum atomic E-state index is -2.15. The van der Waals surface area contributed by atoms with Crippen molar-refractivity contribution in [3.05, 3.63) is 59.7 Å². The number of amides is 15. The third kappa shape index (κ3) is 21.4. The Bertz CT molecular complexity index is 4250. The number of aliphatic carboxylic acids is 1. The fourth-order valence-corrected chi connectivity index (χ4v) is 16.2. The maximum Gasteiger partial charge on any atom is 0.323 e. The van der Waals surface area contributed by atoms with E-state index in [2.05, 4.69) is 16.0 Å². The number of aliphatic hydroxyl groups excluding tert-OH is 1. The highest BCUT2D eigenvalue weighted by Crippen LogP contribution is 2.72. The van der Waals surface area contributed by atoms with Crippen LogP contribution in [-0.4, -0.2) is 363 Å². The Balaban J connectivity index is 0.725. The molecule has 5 fully saturated rings. The third-order valence-corrected chi connectivity index (χ3v) is 24.0. The number of hydrogen-bond donors (Lipinski definition) is 5. The molecule has 0 aromatic heterocycles. The molecule has 1 saturated heterocycles. The number of carboxylic acid groups (broad SMARTS) is 1. The van der Waals surface area contributed by atoms with E-state index in [0.29, 0.717) is 30.4 Å². The minimum absolute atomic E-state index is 0.0112. The Labute approximate surface area is 688 Å². The van der Waals surface area contributed by atoms with Crippen molar-refractivity contribution in [1.82, 2.24) is 64.9 Å². The number of ketones is 2. The number of ether oxygens (including phenoxy) is 4. The number of rotatable bonds is 39. The number of aryl methyl sites for hydroxylation is 1. The van der Waals surface area contributed by atoms with E-state index in [1.165, 1.54) is 109 Å². The lowest BCUT2D eigenvalue weighted by molar-refractivity contribution is -0.238.